The molecule has 1 amide bonds. The average molecular weight is 206 g/mol. The monoisotopic (exact) mass is 206 g/mol. The highest BCUT2D eigenvalue weighted by Crippen LogP contribution is 2.19. The van der Waals surface area contributed by atoms with Crippen LogP contribution >= 0.6 is 0 Å². The van der Waals surface area contributed by atoms with E-state index in [4.69, 9.17) is 0 Å². The van der Waals surface area contributed by atoms with Gasteiger partial charge in [-0.3, -0.25) is 4.79 Å². The maximum absolute atomic E-state index is 12.5. The van der Waals surface area contributed by atoms with Gasteiger partial charge in [-0.15, -0.1) is 0 Å². The largest absolute Gasteiger partial charge is 0.324 e. The van der Waals surface area contributed by atoms with Crippen molar-refractivity contribution in [1.82, 2.24) is 4.98 Å². The summed E-state index contributed by atoms with van der Waals surface area (Å²) in [4.78, 5) is 15.1. The Bertz CT molecular complexity index is 378. The Morgan fingerprint density at radius 1 is 1.40 bits per heavy atom. The Hall–Kier alpha value is -1.71. The van der Waals surface area contributed by atoms with Crippen LogP contribution in [0.5, 0.6) is 0 Å². The van der Waals surface area contributed by atoms with Crippen LogP contribution in [0.1, 0.15) is 12.8 Å². The molecule has 1 aliphatic rings. The molecule has 0 saturated heterocycles. The van der Waals surface area contributed by atoms with Gasteiger partial charge in [-0.1, -0.05) is 12.2 Å². The van der Waals surface area contributed by atoms with E-state index in [1.807, 2.05) is 12.2 Å². The van der Waals surface area contributed by atoms with Crippen LogP contribution in [0.25, 0.3) is 0 Å². The van der Waals surface area contributed by atoms with Crippen LogP contribution in [0.4, 0.5) is 10.1 Å². The van der Waals surface area contributed by atoms with Gasteiger partial charge in [-0.25, -0.2) is 4.98 Å². The first-order chi connectivity index (χ1) is 7.25. The SMILES string of the molecule is O=C(Nc1ccc(F)nc1)C1CC=CC1. The molecule has 0 fully saturated rings. The van der Waals surface area contributed by atoms with Crippen LogP contribution in [-0.2, 0) is 4.79 Å². The molecule has 0 atom stereocenters. The maximum atomic E-state index is 12.5. The molecule has 0 aromatic carbocycles. The number of nitrogens with zero attached hydrogens (tertiary/aromatic N) is 1. The predicted octanol–water partition coefficient (Wildman–Crippen LogP) is 2.13. The molecule has 0 spiro atoms. The lowest BCUT2D eigenvalue weighted by Crippen LogP contribution is -2.20. The maximum Gasteiger partial charge on any atom is 0.228 e. The number of nitrogens with one attached hydrogen (secondary N) is 1. The minimum Gasteiger partial charge on any atom is -0.324 e. The van der Waals surface area contributed by atoms with Crippen LogP contribution in [0.15, 0.2) is 30.5 Å². The molecule has 1 aromatic heterocycles. The normalized spacial score (nSPS) is 15.5. The highest BCUT2D eigenvalue weighted by Gasteiger charge is 2.18. The summed E-state index contributed by atoms with van der Waals surface area (Å²) in [6.45, 7) is 0. The highest BCUT2D eigenvalue weighted by molar-refractivity contribution is 5.92. The Balaban J connectivity index is 1.96. The van der Waals surface area contributed by atoms with E-state index in [0.717, 1.165) is 12.8 Å². The minimum atomic E-state index is -0.546. The first-order valence-corrected chi connectivity index (χ1v) is 4.83. The van der Waals surface area contributed by atoms with Gasteiger partial charge in [0.2, 0.25) is 11.9 Å². The van der Waals surface area contributed by atoms with Crippen molar-refractivity contribution in [2.24, 2.45) is 5.92 Å². The fraction of sp³-hybridized carbons (Fsp3) is 0.273. The molecule has 1 aliphatic carbocycles. The first-order valence-electron chi connectivity index (χ1n) is 4.83. The molecular weight excluding hydrogens is 195 g/mol. The van der Waals surface area contributed by atoms with Gasteiger partial charge in [0.25, 0.3) is 0 Å². The van der Waals surface area contributed by atoms with Gasteiger partial charge in [0.1, 0.15) is 0 Å². The number of amides is 1. The zero-order valence-corrected chi connectivity index (χ0v) is 8.11. The number of allylic oxidation sites excluding steroid dienone is 2. The zero-order chi connectivity index (χ0) is 10.7. The summed E-state index contributed by atoms with van der Waals surface area (Å²) in [6.07, 6.45) is 6.86. The standard InChI is InChI=1S/C11H11FN2O/c12-10-6-5-9(7-13-10)14-11(15)8-3-1-2-4-8/h1-2,5-8H,3-4H2,(H,14,15). The topological polar surface area (TPSA) is 42.0 Å². The molecule has 0 saturated carbocycles. The third kappa shape index (κ3) is 2.40. The van der Waals surface area contributed by atoms with Gasteiger partial charge >= 0.3 is 0 Å². The molecule has 1 aromatic rings. The van der Waals surface area contributed by atoms with Crippen molar-refractivity contribution in [3.63, 3.8) is 0 Å². The highest BCUT2D eigenvalue weighted by atomic mass is 19.1. The van der Waals surface area contributed by atoms with Gasteiger partial charge in [-0.05, 0) is 25.0 Å². The Morgan fingerprint density at radius 2 is 2.13 bits per heavy atom. The number of carbonyl (C=O) groups excluding carboxylic acids is 1. The molecular formula is C11H11FN2O. The molecule has 3 nitrogen and oxygen atoms in total. The number of carbonyl (C=O) groups is 1. The molecule has 0 unspecified atom stereocenters. The smallest absolute Gasteiger partial charge is 0.228 e. The Kier molecular flexibility index (Phi) is 2.76. The molecule has 0 bridgehead atoms. The molecule has 15 heavy (non-hydrogen) atoms. The Morgan fingerprint density at radius 3 is 2.73 bits per heavy atom. The fourth-order valence-corrected chi connectivity index (χ4v) is 1.53. The summed E-state index contributed by atoms with van der Waals surface area (Å²) in [5.41, 5.74) is 0.535. The van der Waals surface area contributed by atoms with Crippen LogP contribution in [0.2, 0.25) is 0 Å². The van der Waals surface area contributed by atoms with Crippen molar-refractivity contribution in [2.45, 2.75) is 12.8 Å². The summed E-state index contributed by atoms with van der Waals surface area (Å²) >= 11 is 0. The fourth-order valence-electron chi connectivity index (χ4n) is 1.53. The van der Waals surface area contributed by atoms with Gasteiger partial charge in [0.05, 0.1) is 11.9 Å². The summed E-state index contributed by atoms with van der Waals surface area (Å²) < 4.78 is 12.5. The minimum absolute atomic E-state index is 0.00931. The Labute approximate surface area is 87.0 Å². The van der Waals surface area contributed by atoms with Crippen LogP contribution in [0, 0.1) is 11.9 Å². The molecule has 1 N–H and O–H groups in total. The van der Waals surface area contributed by atoms with Crippen LogP contribution < -0.4 is 5.32 Å². The second kappa shape index (κ2) is 4.21. The number of pyridine rings is 1. The third-order valence-electron chi connectivity index (χ3n) is 2.37. The van der Waals surface area contributed by atoms with E-state index >= 15 is 0 Å². The van der Waals surface area contributed by atoms with E-state index in [9.17, 15) is 9.18 Å². The lowest BCUT2D eigenvalue weighted by atomic mass is 10.1. The molecule has 4 heteroatoms. The van der Waals surface area contributed by atoms with E-state index in [-0.39, 0.29) is 11.8 Å². The summed E-state index contributed by atoms with van der Waals surface area (Å²) in [7, 11) is 0. The van der Waals surface area contributed by atoms with Gasteiger partial charge in [0, 0.05) is 5.92 Å². The van der Waals surface area contributed by atoms with E-state index in [2.05, 4.69) is 10.3 Å². The second-order valence-electron chi connectivity index (χ2n) is 3.50. The van der Waals surface area contributed by atoms with Crippen LogP contribution in [-0.4, -0.2) is 10.9 Å². The van der Waals surface area contributed by atoms with Crippen molar-refractivity contribution in [1.29, 1.82) is 0 Å². The van der Waals surface area contributed by atoms with Crippen molar-refractivity contribution >= 4 is 11.6 Å². The van der Waals surface area contributed by atoms with E-state index in [1.54, 1.807) is 0 Å². The van der Waals surface area contributed by atoms with Crippen molar-refractivity contribution in [3.05, 3.63) is 36.4 Å². The van der Waals surface area contributed by atoms with Crippen LogP contribution in [0.3, 0.4) is 0 Å². The molecule has 0 radical (unpaired) electrons. The lowest BCUT2D eigenvalue weighted by molar-refractivity contribution is -0.119. The van der Waals surface area contributed by atoms with E-state index in [0.29, 0.717) is 5.69 Å². The van der Waals surface area contributed by atoms with Crippen molar-refractivity contribution < 1.29 is 9.18 Å². The number of halogens is 1. The van der Waals surface area contributed by atoms with Crippen molar-refractivity contribution in [2.75, 3.05) is 5.32 Å². The number of rotatable bonds is 2. The second-order valence-corrected chi connectivity index (χ2v) is 3.50. The summed E-state index contributed by atoms with van der Waals surface area (Å²) in [5, 5.41) is 2.70. The number of aromatic nitrogens is 1. The predicted molar refractivity (Wildman–Crippen MR) is 54.7 cm³/mol. The van der Waals surface area contributed by atoms with Gasteiger partial charge < -0.3 is 5.32 Å². The zero-order valence-electron chi connectivity index (χ0n) is 8.11. The first kappa shape index (κ1) is 9.83. The summed E-state index contributed by atoms with van der Waals surface area (Å²) in [5.74, 6) is -0.570. The van der Waals surface area contributed by atoms with Crippen molar-refractivity contribution in [3.8, 4) is 0 Å². The number of anilines is 1. The van der Waals surface area contributed by atoms with Gasteiger partial charge in [0.15, 0.2) is 0 Å². The van der Waals surface area contributed by atoms with E-state index in [1.165, 1.54) is 18.3 Å². The molecule has 1 heterocycles. The lowest BCUT2D eigenvalue weighted by Gasteiger charge is -2.09. The van der Waals surface area contributed by atoms with E-state index < -0.39 is 5.95 Å². The number of hydrogen-bond donors (Lipinski definition) is 1. The summed E-state index contributed by atoms with van der Waals surface area (Å²) in [6, 6.07) is 2.73. The number of hydrogen-bond acceptors (Lipinski definition) is 2. The molecule has 0 aliphatic heterocycles. The average Bonchev–Trinajstić information content (AvgIpc) is 2.74. The molecule has 78 valence electrons. The van der Waals surface area contributed by atoms with Gasteiger partial charge in [-0.2, -0.15) is 4.39 Å². The molecule has 2 rings (SSSR count). The quantitative estimate of drug-likeness (QED) is 0.595. The third-order valence-corrected chi connectivity index (χ3v) is 2.37.